The van der Waals surface area contributed by atoms with Crippen LogP contribution in [0.3, 0.4) is 0 Å². The Hall–Kier alpha value is -1.19. The maximum absolute atomic E-state index is 13.8. The molecule has 4 heteroatoms. The van der Waals surface area contributed by atoms with Crippen molar-refractivity contribution in [1.29, 1.82) is 0 Å². The van der Waals surface area contributed by atoms with Crippen LogP contribution in [0.1, 0.15) is 85.5 Å². The summed E-state index contributed by atoms with van der Waals surface area (Å²) < 4.78 is 5.25. The summed E-state index contributed by atoms with van der Waals surface area (Å²) in [7, 11) is 0. The van der Waals surface area contributed by atoms with Gasteiger partial charge in [-0.3, -0.25) is 14.4 Å². The number of carbonyl (C=O) groups is 3. The predicted octanol–water partition coefficient (Wildman–Crippen LogP) is 4.98. The largest absolute Gasteiger partial charge is 0.466 e. The van der Waals surface area contributed by atoms with Gasteiger partial charge in [0, 0.05) is 31.6 Å². The Balaban J connectivity index is 1.61. The zero-order valence-corrected chi connectivity index (χ0v) is 18.7. The Morgan fingerprint density at radius 3 is 2.45 bits per heavy atom. The summed E-state index contributed by atoms with van der Waals surface area (Å²) in [5.74, 6) is 2.58. The highest BCUT2D eigenvalue weighted by Gasteiger charge is 2.64. The second-order valence-corrected chi connectivity index (χ2v) is 11.0. The van der Waals surface area contributed by atoms with Crippen LogP contribution in [0.15, 0.2) is 0 Å². The first-order valence-electron chi connectivity index (χ1n) is 11.9. The minimum atomic E-state index is -0.201. The summed E-state index contributed by atoms with van der Waals surface area (Å²) in [5, 5.41) is 0. The molecule has 4 aliphatic rings. The molecule has 0 radical (unpaired) electrons. The number of fused-ring (bicyclic) bond motifs is 5. The first-order valence-corrected chi connectivity index (χ1v) is 11.9. The number of rotatable bonds is 4. The normalized spacial score (nSPS) is 46.6. The van der Waals surface area contributed by atoms with Gasteiger partial charge in [-0.2, -0.15) is 0 Å². The number of esters is 1. The molecule has 0 spiro atoms. The molecule has 8 atom stereocenters. The number of hydrogen-bond acceptors (Lipinski definition) is 4. The molecule has 4 fully saturated rings. The molecule has 0 N–H and O–H groups in total. The van der Waals surface area contributed by atoms with Crippen LogP contribution in [-0.4, -0.2) is 24.1 Å². The van der Waals surface area contributed by atoms with E-state index in [1.54, 1.807) is 0 Å². The fourth-order valence-electron chi connectivity index (χ4n) is 8.37. The molecular formula is C25H38O4. The van der Waals surface area contributed by atoms with Gasteiger partial charge in [-0.1, -0.05) is 20.8 Å². The van der Waals surface area contributed by atoms with Gasteiger partial charge in [0.05, 0.1) is 6.61 Å². The van der Waals surface area contributed by atoms with Gasteiger partial charge in [-0.15, -0.1) is 0 Å². The van der Waals surface area contributed by atoms with Gasteiger partial charge in [0.25, 0.3) is 0 Å². The minimum Gasteiger partial charge on any atom is -0.466 e. The third-order valence-electron chi connectivity index (χ3n) is 9.94. The number of ketones is 2. The van der Waals surface area contributed by atoms with Crippen molar-refractivity contribution >= 4 is 17.5 Å². The zero-order valence-electron chi connectivity index (χ0n) is 18.7. The van der Waals surface area contributed by atoms with E-state index in [9.17, 15) is 14.4 Å². The van der Waals surface area contributed by atoms with Crippen molar-refractivity contribution in [2.45, 2.75) is 85.5 Å². The van der Waals surface area contributed by atoms with E-state index < -0.39 is 0 Å². The van der Waals surface area contributed by atoms with Gasteiger partial charge in [-0.25, -0.2) is 0 Å². The number of carbonyl (C=O) groups excluding carboxylic acids is 3. The molecule has 4 nitrogen and oxygen atoms in total. The molecule has 0 saturated heterocycles. The fourth-order valence-corrected chi connectivity index (χ4v) is 8.37. The molecule has 7 unspecified atom stereocenters. The highest BCUT2D eigenvalue weighted by molar-refractivity contribution is 5.88. The molecule has 0 aromatic carbocycles. The van der Waals surface area contributed by atoms with Crippen molar-refractivity contribution in [2.24, 2.45) is 46.3 Å². The van der Waals surface area contributed by atoms with Crippen molar-refractivity contribution < 1.29 is 19.1 Å². The molecule has 4 rings (SSSR count). The smallest absolute Gasteiger partial charge is 0.302 e. The van der Waals surface area contributed by atoms with Crippen LogP contribution in [0, 0.1) is 46.3 Å². The standard InChI is InChI=1S/C25H38O4/c1-5-18-21-14-17(27)8-11-25(21,4)20-9-12-24(3)16(10-13-29-15(2)26)6-7-19(24)22(20)23(18)28/h16,18-22H,5-14H2,1-4H3/t16-,18?,19?,20?,21?,22?,24?,25?/m1/s1. The Morgan fingerprint density at radius 1 is 1.03 bits per heavy atom. The number of Topliss-reactive ketones (excluding diaryl/α,β-unsaturated/α-hetero) is 2. The third kappa shape index (κ3) is 3.20. The second-order valence-electron chi connectivity index (χ2n) is 11.0. The summed E-state index contributed by atoms with van der Waals surface area (Å²) in [6.07, 6.45) is 8.65. The van der Waals surface area contributed by atoms with E-state index in [4.69, 9.17) is 4.74 Å². The first kappa shape index (κ1) is 21.1. The molecule has 0 bridgehead atoms. The Kier molecular flexibility index (Phi) is 5.44. The Labute approximate surface area is 175 Å². The van der Waals surface area contributed by atoms with Crippen LogP contribution in [0.2, 0.25) is 0 Å². The lowest BCUT2D eigenvalue weighted by atomic mass is 9.42. The maximum Gasteiger partial charge on any atom is 0.302 e. The molecule has 0 aromatic rings. The van der Waals surface area contributed by atoms with Crippen molar-refractivity contribution in [1.82, 2.24) is 0 Å². The van der Waals surface area contributed by atoms with Gasteiger partial charge >= 0.3 is 5.97 Å². The Morgan fingerprint density at radius 2 is 1.76 bits per heavy atom. The summed E-state index contributed by atoms with van der Waals surface area (Å²) in [4.78, 5) is 37.3. The fraction of sp³-hybridized carbons (Fsp3) is 0.880. The van der Waals surface area contributed by atoms with E-state index >= 15 is 0 Å². The first-order chi connectivity index (χ1) is 13.7. The number of ether oxygens (including phenoxy) is 1. The summed E-state index contributed by atoms with van der Waals surface area (Å²) in [5.41, 5.74) is 0.327. The molecular weight excluding hydrogens is 364 g/mol. The lowest BCUT2D eigenvalue weighted by Gasteiger charge is -2.61. The van der Waals surface area contributed by atoms with E-state index in [1.165, 1.54) is 13.3 Å². The van der Waals surface area contributed by atoms with Crippen molar-refractivity contribution in [3.8, 4) is 0 Å². The van der Waals surface area contributed by atoms with Crippen LogP contribution in [0.5, 0.6) is 0 Å². The molecule has 0 aliphatic heterocycles. The van der Waals surface area contributed by atoms with Gasteiger partial charge in [0.2, 0.25) is 0 Å². The predicted molar refractivity (Wildman–Crippen MR) is 111 cm³/mol. The Bertz CT molecular complexity index is 699. The topological polar surface area (TPSA) is 60.4 Å². The minimum absolute atomic E-state index is 0.0629. The summed E-state index contributed by atoms with van der Waals surface area (Å²) in [6, 6.07) is 0. The average molecular weight is 403 g/mol. The lowest BCUT2D eigenvalue weighted by Crippen LogP contribution is -2.60. The summed E-state index contributed by atoms with van der Waals surface area (Å²) >= 11 is 0. The van der Waals surface area contributed by atoms with E-state index in [2.05, 4.69) is 20.8 Å². The van der Waals surface area contributed by atoms with Crippen LogP contribution >= 0.6 is 0 Å². The summed E-state index contributed by atoms with van der Waals surface area (Å²) in [6.45, 7) is 8.94. The SMILES string of the molecule is CCC1C(=O)C2C(CCC3(C)C2CC[C@@H]3CCOC(C)=O)C2(C)CCC(=O)CC12. The van der Waals surface area contributed by atoms with Gasteiger partial charge in [0.15, 0.2) is 0 Å². The maximum atomic E-state index is 13.8. The van der Waals surface area contributed by atoms with Crippen LogP contribution < -0.4 is 0 Å². The second kappa shape index (κ2) is 7.50. The highest BCUT2D eigenvalue weighted by atomic mass is 16.5. The van der Waals surface area contributed by atoms with Crippen molar-refractivity contribution in [3.05, 3.63) is 0 Å². The van der Waals surface area contributed by atoms with Crippen LogP contribution in [0.4, 0.5) is 0 Å². The molecule has 162 valence electrons. The van der Waals surface area contributed by atoms with E-state index in [-0.39, 0.29) is 34.6 Å². The van der Waals surface area contributed by atoms with E-state index in [0.717, 1.165) is 38.5 Å². The zero-order chi connectivity index (χ0) is 21.0. The quantitative estimate of drug-likeness (QED) is 0.622. The lowest BCUT2D eigenvalue weighted by molar-refractivity contribution is -0.169. The average Bonchev–Trinajstić information content (AvgIpc) is 3.00. The van der Waals surface area contributed by atoms with Crippen LogP contribution in [-0.2, 0) is 19.1 Å². The monoisotopic (exact) mass is 402 g/mol. The van der Waals surface area contributed by atoms with Crippen LogP contribution in [0.25, 0.3) is 0 Å². The van der Waals surface area contributed by atoms with Crippen molar-refractivity contribution in [3.63, 3.8) is 0 Å². The van der Waals surface area contributed by atoms with Gasteiger partial charge in [0.1, 0.15) is 11.6 Å². The van der Waals surface area contributed by atoms with Gasteiger partial charge < -0.3 is 4.74 Å². The van der Waals surface area contributed by atoms with Gasteiger partial charge in [-0.05, 0) is 79.4 Å². The molecule has 4 aliphatic carbocycles. The third-order valence-corrected chi connectivity index (χ3v) is 9.94. The molecule has 0 amide bonds. The molecule has 0 aromatic heterocycles. The highest BCUT2D eigenvalue weighted by Crippen LogP contribution is 2.67. The molecule has 0 heterocycles. The van der Waals surface area contributed by atoms with E-state index in [0.29, 0.717) is 48.8 Å². The number of hydrogen-bond donors (Lipinski definition) is 0. The van der Waals surface area contributed by atoms with E-state index in [1.807, 2.05) is 0 Å². The molecule has 4 saturated carbocycles. The van der Waals surface area contributed by atoms with Crippen molar-refractivity contribution in [2.75, 3.05) is 6.61 Å². The molecule has 29 heavy (non-hydrogen) atoms.